The van der Waals surface area contributed by atoms with Gasteiger partial charge >= 0.3 is 37.7 Å². The Balaban J connectivity index is -0.000000107. The Bertz CT molecular complexity index is 25.9. The Labute approximate surface area is 103 Å². The second kappa shape index (κ2) is 22.5. The van der Waals surface area contributed by atoms with Crippen LogP contribution in [-0.4, -0.2) is 37.7 Å². The number of rotatable bonds is 4. The number of hydrogen-bond acceptors (Lipinski definition) is 0. The quantitative estimate of drug-likeness (QED) is 0.460. The predicted molar refractivity (Wildman–Crippen MR) is 55.5 cm³/mol. The minimum absolute atomic E-state index is 0. The van der Waals surface area contributed by atoms with E-state index in [4.69, 9.17) is 0 Å². The Hall–Kier alpha value is 1.26. The summed E-state index contributed by atoms with van der Waals surface area (Å²) in [4.78, 5) is 0. The standard InChI is InChI=1S/2C5H11.Ca/c2*1-3-5-4-2;/h2*1,3-5H2,2H3;/q2*-1;+2. The third-order valence-corrected chi connectivity index (χ3v) is 1.21. The summed E-state index contributed by atoms with van der Waals surface area (Å²) in [5.74, 6) is 0. The summed E-state index contributed by atoms with van der Waals surface area (Å²) in [7, 11) is 0. The second-order valence-corrected chi connectivity index (χ2v) is 2.41. The zero-order chi connectivity index (χ0) is 8.24. The van der Waals surface area contributed by atoms with Crippen LogP contribution < -0.4 is 0 Å². The first kappa shape index (κ1) is 18.1. The first-order valence-corrected chi connectivity index (χ1v) is 4.41. The zero-order valence-electron chi connectivity index (χ0n) is 8.36. The molecule has 0 aromatic heterocycles. The Morgan fingerprint density at radius 1 is 0.818 bits per heavy atom. The van der Waals surface area contributed by atoms with Gasteiger partial charge in [0, 0.05) is 0 Å². The van der Waals surface area contributed by atoms with Crippen LogP contribution in [-0.2, 0) is 0 Å². The molecule has 0 N–H and O–H groups in total. The molecule has 0 atom stereocenters. The molecular weight excluding hydrogens is 160 g/mol. The average Bonchev–Trinajstić information content (AvgIpc) is 1.93. The largest absolute Gasteiger partial charge is 2.00 e. The molecule has 0 nitrogen and oxygen atoms in total. The van der Waals surface area contributed by atoms with Gasteiger partial charge in [0.15, 0.2) is 0 Å². The fraction of sp³-hybridized carbons (Fsp3) is 0.800. The van der Waals surface area contributed by atoms with E-state index >= 15 is 0 Å². The minimum atomic E-state index is 0. The van der Waals surface area contributed by atoms with Crippen LogP contribution >= 0.6 is 0 Å². The van der Waals surface area contributed by atoms with Gasteiger partial charge in [0.1, 0.15) is 0 Å². The van der Waals surface area contributed by atoms with Gasteiger partial charge in [-0.3, -0.25) is 0 Å². The van der Waals surface area contributed by atoms with E-state index in [-0.39, 0.29) is 37.7 Å². The van der Waals surface area contributed by atoms with Gasteiger partial charge in [0.2, 0.25) is 0 Å². The molecule has 0 bridgehead atoms. The van der Waals surface area contributed by atoms with Crippen LogP contribution in [0.25, 0.3) is 0 Å². The van der Waals surface area contributed by atoms with Crippen molar-refractivity contribution < 1.29 is 0 Å². The van der Waals surface area contributed by atoms with Gasteiger partial charge in [0.25, 0.3) is 0 Å². The van der Waals surface area contributed by atoms with E-state index < -0.39 is 0 Å². The van der Waals surface area contributed by atoms with Crippen molar-refractivity contribution in [3.05, 3.63) is 13.8 Å². The predicted octanol–water partition coefficient (Wildman–Crippen LogP) is 3.64. The fourth-order valence-electron chi connectivity index (χ4n) is 0.500. The molecule has 0 heterocycles. The Kier molecular flexibility index (Phi) is 37.1. The van der Waals surface area contributed by atoms with Crippen LogP contribution in [0.4, 0.5) is 0 Å². The molecule has 0 amide bonds. The van der Waals surface area contributed by atoms with Crippen molar-refractivity contribution in [2.75, 3.05) is 0 Å². The zero-order valence-corrected chi connectivity index (χ0v) is 10.6. The third-order valence-electron chi connectivity index (χ3n) is 1.21. The van der Waals surface area contributed by atoms with Crippen LogP contribution in [0.2, 0.25) is 0 Å². The third kappa shape index (κ3) is 34.9. The van der Waals surface area contributed by atoms with Crippen LogP contribution in [0, 0.1) is 13.8 Å². The van der Waals surface area contributed by atoms with Gasteiger partial charge in [-0.15, -0.1) is 0 Å². The van der Waals surface area contributed by atoms with E-state index in [1.165, 1.54) is 25.7 Å². The van der Waals surface area contributed by atoms with Crippen molar-refractivity contribution in [1.82, 2.24) is 0 Å². The maximum atomic E-state index is 3.68. The molecule has 1 heteroatoms. The van der Waals surface area contributed by atoms with E-state index in [0.717, 1.165) is 12.8 Å². The Morgan fingerprint density at radius 3 is 1.09 bits per heavy atom. The number of unbranched alkanes of at least 4 members (excludes halogenated alkanes) is 4. The molecule has 0 aliphatic carbocycles. The van der Waals surface area contributed by atoms with Crippen molar-refractivity contribution in [2.45, 2.75) is 52.4 Å². The monoisotopic (exact) mass is 182 g/mol. The second-order valence-electron chi connectivity index (χ2n) is 2.41. The van der Waals surface area contributed by atoms with Crippen LogP contribution in [0.15, 0.2) is 0 Å². The van der Waals surface area contributed by atoms with Crippen molar-refractivity contribution >= 4 is 37.7 Å². The summed E-state index contributed by atoms with van der Waals surface area (Å²) in [6.45, 7) is 11.7. The summed E-state index contributed by atoms with van der Waals surface area (Å²) in [5.41, 5.74) is 0. The molecule has 0 unspecified atom stereocenters. The SMILES string of the molecule is [CH2-]CCCC.[CH2-]CCCC.[Ca+2]. The van der Waals surface area contributed by atoms with Gasteiger partial charge in [-0.25, -0.2) is 0 Å². The first-order valence-electron chi connectivity index (χ1n) is 4.41. The van der Waals surface area contributed by atoms with E-state index in [1.54, 1.807) is 0 Å². The molecule has 0 spiro atoms. The average molecular weight is 182 g/mol. The fourth-order valence-corrected chi connectivity index (χ4v) is 0.500. The summed E-state index contributed by atoms with van der Waals surface area (Å²) in [5, 5.41) is 0. The maximum Gasteiger partial charge on any atom is 2.00 e. The minimum Gasteiger partial charge on any atom is -0.343 e. The molecule has 0 aromatic carbocycles. The van der Waals surface area contributed by atoms with Gasteiger partial charge in [-0.2, -0.15) is 12.8 Å². The molecule has 64 valence electrons. The molecule has 0 fully saturated rings. The molecule has 0 radical (unpaired) electrons. The van der Waals surface area contributed by atoms with E-state index in [1.807, 2.05) is 0 Å². The summed E-state index contributed by atoms with van der Waals surface area (Å²) in [6, 6.07) is 0. The van der Waals surface area contributed by atoms with Crippen molar-refractivity contribution in [2.24, 2.45) is 0 Å². The topological polar surface area (TPSA) is 0 Å². The molecule has 0 saturated heterocycles. The van der Waals surface area contributed by atoms with Crippen LogP contribution in [0.5, 0.6) is 0 Å². The molecule has 0 rings (SSSR count). The molecule has 11 heavy (non-hydrogen) atoms. The van der Waals surface area contributed by atoms with Crippen LogP contribution in [0.3, 0.4) is 0 Å². The van der Waals surface area contributed by atoms with Gasteiger partial charge in [-0.05, 0) is 0 Å². The first-order chi connectivity index (χ1) is 4.83. The van der Waals surface area contributed by atoms with E-state index in [2.05, 4.69) is 27.7 Å². The van der Waals surface area contributed by atoms with Gasteiger partial charge in [-0.1, -0.05) is 39.5 Å². The van der Waals surface area contributed by atoms with Gasteiger partial charge in [0.05, 0.1) is 0 Å². The van der Waals surface area contributed by atoms with E-state index in [9.17, 15) is 0 Å². The van der Waals surface area contributed by atoms with E-state index in [0.29, 0.717) is 0 Å². The van der Waals surface area contributed by atoms with Gasteiger partial charge < -0.3 is 13.8 Å². The van der Waals surface area contributed by atoms with Crippen molar-refractivity contribution in [1.29, 1.82) is 0 Å². The van der Waals surface area contributed by atoms with Crippen molar-refractivity contribution in [3.63, 3.8) is 0 Å². The summed E-state index contributed by atoms with van der Waals surface area (Å²) < 4.78 is 0. The number of hydrogen-bond donors (Lipinski definition) is 0. The summed E-state index contributed by atoms with van der Waals surface area (Å²) in [6.07, 6.45) is 7.31. The molecule has 0 aromatic rings. The summed E-state index contributed by atoms with van der Waals surface area (Å²) >= 11 is 0. The van der Waals surface area contributed by atoms with Crippen molar-refractivity contribution in [3.8, 4) is 0 Å². The van der Waals surface area contributed by atoms with Crippen LogP contribution in [0.1, 0.15) is 52.4 Å². The molecule has 0 aliphatic rings. The smallest absolute Gasteiger partial charge is 0.343 e. The normalized spacial score (nSPS) is 7.64. The molecule has 0 saturated carbocycles. The maximum absolute atomic E-state index is 3.68. The molecule has 0 aliphatic heterocycles. The Morgan fingerprint density at radius 2 is 1.09 bits per heavy atom. The molecular formula is C10H22Ca.